The van der Waals surface area contributed by atoms with Crippen LogP contribution >= 0.6 is 11.3 Å². The third-order valence-corrected chi connectivity index (χ3v) is 4.06. The second kappa shape index (κ2) is 4.01. The molecule has 0 radical (unpaired) electrons. The minimum absolute atomic E-state index is 0.0729. The summed E-state index contributed by atoms with van der Waals surface area (Å²) >= 11 is 1.58. The summed E-state index contributed by atoms with van der Waals surface area (Å²) in [5.41, 5.74) is 0.911. The van der Waals surface area contributed by atoms with Gasteiger partial charge < -0.3 is 0 Å². The fourth-order valence-electron chi connectivity index (χ4n) is 1.72. The second-order valence-electron chi connectivity index (χ2n) is 4.64. The minimum Gasteiger partial charge on any atom is -0.266 e. The van der Waals surface area contributed by atoms with Crippen LogP contribution in [0.2, 0.25) is 0 Å². The van der Waals surface area contributed by atoms with Gasteiger partial charge in [0.15, 0.2) is 0 Å². The quantitative estimate of drug-likeness (QED) is 0.870. The number of rotatable bonds is 2. The van der Waals surface area contributed by atoms with Crippen molar-refractivity contribution in [2.24, 2.45) is 0 Å². The highest BCUT2D eigenvalue weighted by Crippen LogP contribution is 2.31. The van der Waals surface area contributed by atoms with Crippen molar-refractivity contribution in [3.63, 3.8) is 0 Å². The Labute approximate surface area is 98.5 Å². The zero-order chi connectivity index (χ0) is 11.9. The Morgan fingerprint density at radius 2 is 1.94 bits per heavy atom. The molecule has 0 aliphatic heterocycles. The molecule has 0 aromatic carbocycles. The number of fused-ring (bicyclic) bond motifs is 1. The molecule has 4 heteroatoms. The van der Waals surface area contributed by atoms with Crippen LogP contribution < -0.4 is 5.56 Å². The fourth-order valence-corrected chi connectivity index (χ4v) is 2.78. The molecule has 0 aliphatic rings. The maximum absolute atomic E-state index is 11.7. The van der Waals surface area contributed by atoms with Gasteiger partial charge in [-0.15, -0.1) is 11.3 Å². The lowest BCUT2D eigenvalue weighted by atomic mass is 10.1. The van der Waals surface area contributed by atoms with Crippen LogP contribution in [0, 0.1) is 0 Å². The number of hydrogen-bond acceptors (Lipinski definition) is 3. The van der Waals surface area contributed by atoms with Crippen molar-refractivity contribution >= 4 is 21.4 Å². The van der Waals surface area contributed by atoms with Gasteiger partial charge in [0, 0.05) is 10.3 Å². The van der Waals surface area contributed by atoms with Gasteiger partial charge in [-0.3, -0.25) is 4.79 Å². The second-order valence-corrected chi connectivity index (χ2v) is 5.72. The van der Waals surface area contributed by atoms with Crippen LogP contribution in [0.5, 0.6) is 0 Å². The summed E-state index contributed by atoms with van der Waals surface area (Å²) in [5.74, 6) is 0.783. The summed E-state index contributed by atoms with van der Waals surface area (Å²) in [6.07, 6.45) is 0. The van der Waals surface area contributed by atoms with E-state index in [4.69, 9.17) is 0 Å². The molecule has 0 amide bonds. The number of hydrogen-bond donors (Lipinski definition) is 1. The molecule has 0 fully saturated rings. The SMILES string of the molecule is CC(C)c1cc2c(C(C)C)n[nH]c(=O)c2s1. The lowest BCUT2D eigenvalue weighted by Gasteiger charge is -2.03. The van der Waals surface area contributed by atoms with Crippen LogP contribution in [0.4, 0.5) is 0 Å². The maximum Gasteiger partial charge on any atom is 0.282 e. The van der Waals surface area contributed by atoms with Crippen LogP contribution in [0.3, 0.4) is 0 Å². The average molecular weight is 236 g/mol. The van der Waals surface area contributed by atoms with Crippen molar-refractivity contribution < 1.29 is 0 Å². The number of H-pyrrole nitrogens is 1. The molecule has 0 bridgehead atoms. The summed E-state index contributed by atoms with van der Waals surface area (Å²) in [4.78, 5) is 12.9. The van der Waals surface area contributed by atoms with E-state index in [-0.39, 0.29) is 5.56 Å². The van der Waals surface area contributed by atoms with E-state index < -0.39 is 0 Å². The number of aromatic nitrogens is 2. The lowest BCUT2D eigenvalue weighted by molar-refractivity contribution is 0.793. The third-order valence-electron chi connectivity index (χ3n) is 2.63. The van der Waals surface area contributed by atoms with E-state index in [1.54, 1.807) is 11.3 Å². The predicted octanol–water partition coefficient (Wildman–Crippen LogP) is 3.23. The molecule has 2 heterocycles. The van der Waals surface area contributed by atoms with Gasteiger partial charge in [-0.05, 0) is 17.9 Å². The van der Waals surface area contributed by atoms with Gasteiger partial charge in [-0.1, -0.05) is 27.7 Å². The molecule has 0 saturated heterocycles. The van der Waals surface area contributed by atoms with Crippen LogP contribution in [-0.4, -0.2) is 10.2 Å². The minimum atomic E-state index is -0.0729. The Hall–Kier alpha value is -1.16. The molecule has 2 aromatic rings. The summed E-state index contributed by atoms with van der Waals surface area (Å²) in [5, 5.41) is 7.75. The molecule has 1 N–H and O–H groups in total. The first-order chi connectivity index (χ1) is 7.50. The Morgan fingerprint density at radius 1 is 1.25 bits per heavy atom. The van der Waals surface area contributed by atoms with E-state index in [0.717, 1.165) is 15.8 Å². The monoisotopic (exact) mass is 236 g/mol. The van der Waals surface area contributed by atoms with E-state index in [9.17, 15) is 4.79 Å². The number of thiophene rings is 1. The zero-order valence-corrected chi connectivity index (χ0v) is 10.8. The van der Waals surface area contributed by atoms with Crippen molar-refractivity contribution in [1.29, 1.82) is 0 Å². The first-order valence-corrected chi connectivity index (χ1v) is 6.34. The molecule has 0 saturated carbocycles. The van der Waals surface area contributed by atoms with Crippen molar-refractivity contribution in [2.45, 2.75) is 39.5 Å². The predicted molar refractivity (Wildman–Crippen MR) is 68.4 cm³/mol. The van der Waals surface area contributed by atoms with E-state index in [0.29, 0.717) is 11.8 Å². The van der Waals surface area contributed by atoms with Crippen LogP contribution in [0.15, 0.2) is 10.9 Å². The molecule has 0 unspecified atom stereocenters. The Kier molecular flexibility index (Phi) is 2.84. The molecule has 3 nitrogen and oxygen atoms in total. The Balaban J connectivity index is 2.78. The van der Waals surface area contributed by atoms with Crippen LogP contribution in [0.1, 0.15) is 50.1 Å². The molecule has 86 valence electrons. The van der Waals surface area contributed by atoms with Crippen molar-refractivity contribution in [1.82, 2.24) is 10.2 Å². The smallest absolute Gasteiger partial charge is 0.266 e. The number of nitrogens with zero attached hydrogens (tertiary/aromatic N) is 1. The molecular formula is C12H16N2OS. The largest absolute Gasteiger partial charge is 0.282 e. The highest BCUT2D eigenvalue weighted by Gasteiger charge is 2.14. The Bertz CT molecular complexity index is 566. The first kappa shape index (κ1) is 11.3. The molecular weight excluding hydrogens is 220 g/mol. The summed E-state index contributed by atoms with van der Waals surface area (Å²) in [7, 11) is 0. The molecule has 2 aromatic heterocycles. The topological polar surface area (TPSA) is 45.8 Å². The first-order valence-electron chi connectivity index (χ1n) is 5.52. The lowest BCUT2D eigenvalue weighted by Crippen LogP contribution is -2.09. The molecule has 16 heavy (non-hydrogen) atoms. The van der Waals surface area contributed by atoms with Gasteiger partial charge >= 0.3 is 0 Å². The normalized spacial score (nSPS) is 11.9. The highest BCUT2D eigenvalue weighted by molar-refractivity contribution is 7.19. The summed E-state index contributed by atoms with van der Waals surface area (Å²) in [6, 6.07) is 2.11. The van der Waals surface area contributed by atoms with E-state index in [1.807, 2.05) is 0 Å². The maximum atomic E-state index is 11.7. The van der Waals surface area contributed by atoms with Gasteiger partial charge in [0.05, 0.1) is 5.69 Å². The van der Waals surface area contributed by atoms with Crippen molar-refractivity contribution in [3.05, 3.63) is 27.0 Å². The van der Waals surface area contributed by atoms with Gasteiger partial charge in [-0.2, -0.15) is 5.10 Å². The van der Waals surface area contributed by atoms with E-state index >= 15 is 0 Å². The molecule has 0 spiro atoms. The fraction of sp³-hybridized carbons (Fsp3) is 0.500. The number of nitrogens with one attached hydrogen (secondary N) is 1. The standard InChI is InChI=1S/C12H16N2OS/c1-6(2)9-5-8-10(7(3)4)13-14-12(15)11(8)16-9/h5-7H,1-4H3,(H,14,15). The molecule has 2 rings (SSSR count). The van der Waals surface area contributed by atoms with Gasteiger partial charge in [0.25, 0.3) is 5.56 Å². The number of aromatic amines is 1. The van der Waals surface area contributed by atoms with Crippen molar-refractivity contribution in [2.75, 3.05) is 0 Å². The summed E-state index contributed by atoms with van der Waals surface area (Å²) in [6.45, 7) is 8.46. The average Bonchev–Trinajstić information content (AvgIpc) is 2.62. The van der Waals surface area contributed by atoms with Crippen LogP contribution in [0.25, 0.3) is 10.1 Å². The highest BCUT2D eigenvalue weighted by atomic mass is 32.1. The van der Waals surface area contributed by atoms with Gasteiger partial charge in [-0.25, -0.2) is 5.10 Å². The zero-order valence-electron chi connectivity index (χ0n) is 10.00. The molecule has 0 aliphatic carbocycles. The Morgan fingerprint density at radius 3 is 2.50 bits per heavy atom. The molecule has 0 atom stereocenters. The van der Waals surface area contributed by atoms with Crippen LogP contribution in [-0.2, 0) is 0 Å². The van der Waals surface area contributed by atoms with Crippen molar-refractivity contribution in [3.8, 4) is 0 Å². The van der Waals surface area contributed by atoms with Gasteiger partial charge in [0.1, 0.15) is 4.70 Å². The van der Waals surface area contributed by atoms with Gasteiger partial charge in [0.2, 0.25) is 0 Å². The van der Waals surface area contributed by atoms with E-state index in [1.165, 1.54) is 4.88 Å². The van der Waals surface area contributed by atoms with E-state index in [2.05, 4.69) is 44.0 Å². The third kappa shape index (κ3) is 1.78. The summed E-state index contributed by atoms with van der Waals surface area (Å²) < 4.78 is 0.808.